The first-order valence-electron chi connectivity index (χ1n) is 10.7. The van der Waals surface area contributed by atoms with Gasteiger partial charge in [0.1, 0.15) is 5.25 Å². The molecule has 0 radical (unpaired) electrons. The van der Waals surface area contributed by atoms with Crippen LogP contribution in [0.5, 0.6) is 0 Å². The zero-order valence-electron chi connectivity index (χ0n) is 17.9. The fourth-order valence-corrected chi connectivity index (χ4v) is 5.11. The van der Waals surface area contributed by atoms with Crippen LogP contribution in [0.3, 0.4) is 0 Å². The molecule has 2 atom stereocenters. The van der Waals surface area contributed by atoms with E-state index in [9.17, 15) is 4.79 Å². The monoisotopic (exact) mass is 475 g/mol. The van der Waals surface area contributed by atoms with Gasteiger partial charge in [0.05, 0.1) is 6.04 Å². The summed E-state index contributed by atoms with van der Waals surface area (Å²) >= 11 is 7.53. The minimum absolute atomic E-state index is 0.0936. The van der Waals surface area contributed by atoms with Crippen LogP contribution >= 0.6 is 23.4 Å². The second-order valence-corrected chi connectivity index (χ2v) is 9.25. The van der Waals surface area contributed by atoms with E-state index in [1.54, 1.807) is 0 Å². The number of rotatable bonds is 5. The molecule has 0 spiro atoms. The van der Waals surface area contributed by atoms with Crippen LogP contribution in [0.4, 0.5) is 5.69 Å². The summed E-state index contributed by atoms with van der Waals surface area (Å²) in [5.74, 6) is 0.608. The molecule has 0 unspecified atom stereocenters. The predicted molar refractivity (Wildman–Crippen MR) is 133 cm³/mol. The Bertz CT molecular complexity index is 1280. The van der Waals surface area contributed by atoms with E-state index in [1.807, 2.05) is 83.5 Å². The minimum Gasteiger partial charge on any atom is -0.325 e. The van der Waals surface area contributed by atoms with E-state index >= 15 is 0 Å². The van der Waals surface area contributed by atoms with Gasteiger partial charge in [-0.25, -0.2) is 4.68 Å². The van der Waals surface area contributed by atoms with Gasteiger partial charge >= 0.3 is 0 Å². The Kier molecular flexibility index (Phi) is 6.07. The van der Waals surface area contributed by atoms with Gasteiger partial charge in [-0.2, -0.15) is 0 Å². The highest BCUT2D eigenvalue weighted by atomic mass is 35.5. The highest BCUT2D eigenvalue weighted by Crippen LogP contribution is 2.39. The summed E-state index contributed by atoms with van der Waals surface area (Å²) in [5, 5.41) is 12.7. The number of amides is 1. The fraction of sp³-hybridized carbons (Fsp3) is 0.160. The maximum absolute atomic E-state index is 13.5. The van der Waals surface area contributed by atoms with Crippen LogP contribution in [0, 0.1) is 0 Å². The van der Waals surface area contributed by atoms with Crippen molar-refractivity contribution in [2.75, 3.05) is 10.7 Å². The van der Waals surface area contributed by atoms with Crippen LogP contribution < -0.4 is 10.7 Å². The van der Waals surface area contributed by atoms with Gasteiger partial charge in [-0.15, -0.1) is 10.2 Å². The maximum atomic E-state index is 13.5. The quantitative estimate of drug-likeness (QED) is 0.395. The van der Waals surface area contributed by atoms with E-state index in [4.69, 9.17) is 11.6 Å². The Hall–Kier alpha value is -3.29. The van der Waals surface area contributed by atoms with Gasteiger partial charge in [-0.1, -0.05) is 91.0 Å². The number of fused-ring (bicyclic) bond motifs is 1. The number of benzene rings is 3. The lowest BCUT2D eigenvalue weighted by Crippen LogP contribution is -2.41. The van der Waals surface area contributed by atoms with Gasteiger partial charge < -0.3 is 10.7 Å². The van der Waals surface area contributed by atoms with Gasteiger partial charge in [0.25, 0.3) is 0 Å². The third-order valence-corrected chi connectivity index (χ3v) is 7.08. The molecule has 1 amide bonds. The van der Waals surface area contributed by atoms with E-state index in [2.05, 4.69) is 27.9 Å². The number of hydrogen-bond acceptors (Lipinski definition) is 5. The highest BCUT2D eigenvalue weighted by Gasteiger charge is 2.38. The minimum atomic E-state index is -0.462. The normalized spacial score (nSPS) is 17.2. The summed E-state index contributed by atoms with van der Waals surface area (Å²) in [4.78, 5) is 13.5. The molecule has 5 rings (SSSR count). The zero-order valence-corrected chi connectivity index (χ0v) is 19.5. The molecule has 0 saturated carbocycles. The number of halogens is 1. The lowest BCUT2D eigenvalue weighted by Gasteiger charge is -2.33. The Morgan fingerprint density at radius 1 is 1.03 bits per heavy atom. The average Bonchev–Trinajstić information content (AvgIpc) is 3.27. The van der Waals surface area contributed by atoms with Crippen molar-refractivity contribution in [1.29, 1.82) is 0 Å². The molecule has 0 bridgehead atoms. The molecule has 1 aliphatic heterocycles. The molecule has 0 saturated heterocycles. The lowest BCUT2D eigenvalue weighted by atomic mass is 10.0. The van der Waals surface area contributed by atoms with Crippen LogP contribution in [-0.4, -0.2) is 26.0 Å². The van der Waals surface area contributed by atoms with E-state index in [0.29, 0.717) is 16.0 Å². The number of nitrogens with one attached hydrogen (secondary N) is 2. The number of hydrogen-bond donors (Lipinski definition) is 2. The fourth-order valence-electron chi connectivity index (χ4n) is 3.90. The lowest BCUT2D eigenvalue weighted by molar-refractivity contribution is -0.116. The summed E-state index contributed by atoms with van der Waals surface area (Å²) in [6, 6.07) is 25.0. The van der Waals surface area contributed by atoms with Gasteiger partial charge in [0.15, 0.2) is 5.82 Å². The van der Waals surface area contributed by atoms with E-state index in [0.717, 1.165) is 28.8 Å². The molecular formula is C25H22ClN5OS. The SMILES string of the molecule is CCc1ccccc1NC(=O)[C@H]1Sc2nnc(-c3ccccc3)n2N[C@@H]1c1ccc(Cl)cc1. The summed E-state index contributed by atoms with van der Waals surface area (Å²) in [6.07, 6.45) is 0.835. The second kappa shape index (κ2) is 9.29. The third-order valence-electron chi connectivity index (χ3n) is 5.61. The molecule has 33 heavy (non-hydrogen) atoms. The summed E-state index contributed by atoms with van der Waals surface area (Å²) in [6.45, 7) is 2.08. The van der Waals surface area contributed by atoms with Crippen molar-refractivity contribution >= 4 is 35.0 Å². The number of aryl methyl sites for hydroxylation is 1. The van der Waals surface area contributed by atoms with Crippen molar-refractivity contribution in [2.45, 2.75) is 29.8 Å². The largest absolute Gasteiger partial charge is 0.325 e. The average molecular weight is 476 g/mol. The van der Waals surface area contributed by atoms with Gasteiger partial charge in [-0.05, 0) is 35.7 Å². The highest BCUT2D eigenvalue weighted by molar-refractivity contribution is 8.00. The number of carbonyl (C=O) groups excluding carboxylic acids is 1. The summed E-state index contributed by atoms with van der Waals surface area (Å²) in [5.41, 5.74) is 7.31. The Balaban J connectivity index is 1.52. The Morgan fingerprint density at radius 3 is 2.52 bits per heavy atom. The molecule has 0 fully saturated rings. The van der Waals surface area contributed by atoms with E-state index < -0.39 is 5.25 Å². The predicted octanol–water partition coefficient (Wildman–Crippen LogP) is 5.56. The molecule has 166 valence electrons. The molecule has 8 heteroatoms. The van der Waals surface area contributed by atoms with Crippen molar-refractivity contribution in [3.8, 4) is 11.4 Å². The first-order chi connectivity index (χ1) is 16.1. The van der Waals surface area contributed by atoms with Gasteiger partial charge in [0, 0.05) is 16.3 Å². The maximum Gasteiger partial charge on any atom is 0.240 e. The molecule has 2 N–H and O–H groups in total. The van der Waals surface area contributed by atoms with E-state index in [1.165, 1.54) is 11.8 Å². The Labute approximate surface area is 201 Å². The topological polar surface area (TPSA) is 71.8 Å². The number of anilines is 1. The van der Waals surface area contributed by atoms with Crippen LogP contribution in [0.25, 0.3) is 11.4 Å². The molecule has 3 aromatic carbocycles. The third kappa shape index (κ3) is 4.34. The number of aromatic nitrogens is 3. The van der Waals surface area contributed by atoms with Crippen LogP contribution in [0.15, 0.2) is 84.0 Å². The first kappa shape index (κ1) is 21.6. The molecule has 1 aromatic heterocycles. The van der Waals surface area contributed by atoms with Gasteiger partial charge in [-0.3, -0.25) is 4.79 Å². The van der Waals surface area contributed by atoms with Crippen LogP contribution in [0.2, 0.25) is 5.02 Å². The van der Waals surface area contributed by atoms with Crippen LogP contribution in [0.1, 0.15) is 24.1 Å². The van der Waals surface area contributed by atoms with Crippen molar-refractivity contribution in [1.82, 2.24) is 14.9 Å². The molecule has 1 aliphatic rings. The summed E-state index contributed by atoms with van der Waals surface area (Å²) < 4.78 is 1.86. The van der Waals surface area contributed by atoms with Crippen molar-refractivity contribution in [3.05, 3.63) is 95.0 Å². The standard InChI is InChI=1S/C25H22ClN5OS/c1-2-16-8-6-7-11-20(16)27-24(32)22-21(17-12-14-19(26)15-13-17)30-31-23(28-29-25(31)33-22)18-9-4-3-5-10-18/h3-15,21-22,30H,2H2,1H3,(H,27,32)/t21-,22+/m1/s1. The first-order valence-corrected chi connectivity index (χ1v) is 12.0. The van der Waals surface area contributed by atoms with E-state index in [-0.39, 0.29) is 11.9 Å². The second-order valence-electron chi connectivity index (χ2n) is 7.70. The summed E-state index contributed by atoms with van der Waals surface area (Å²) in [7, 11) is 0. The molecule has 6 nitrogen and oxygen atoms in total. The van der Waals surface area contributed by atoms with Crippen LogP contribution in [-0.2, 0) is 11.2 Å². The van der Waals surface area contributed by atoms with Crippen molar-refractivity contribution < 1.29 is 4.79 Å². The Morgan fingerprint density at radius 2 is 1.76 bits per heavy atom. The van der Waals surface area contributed by atoms with Crippen molar-refractivity contribution in [3.63, 3.8) is 0 Å². The zero-order chi connectivity index (χ0) is 22.8. The number of carbonyl (C=O) groups is 1. The molecule has 0 aliphatic carbocycles. The number of thioether (sulfide) groups is 1. The number of para-hydroxylation sites is 1. The molecular weight excluding hydrogens is 454 g/mol. The molecule has 4 aromatic rings. The smallest absolute Gasteiger partial charge is 0.240 e. The van der Waals surface area contributed by atoms with Gasteiger partial charge in [0.2, 0.25) is 11.1 Å². The van der Waals surface area contributed by atoms with Crippen molar-refractivity contribution in [2.24, 2.45) is 0 Å². The number of nitrogens with zero attached hydrogens (tertiary/aromatic N) is 3. The molecule has 2 heterocycles.